The molecule has 2 aromatic rings. The molecule has 0 aliphatic carbocycles. The zero-order valence-electron chi connectivity index (χ0n) is 15.7. The number of methoxy groups -OCH3 is 1. The Balaban J connectivity index is 1.56. The molecular formula is C21H27NO4S. The van der Waals surface area contributed by atoms with Crippen LogP contribution in [0, 0.1) is 5.92 Å². The van der Waals surface area contributed by atoms with E-state index in [2.05, 4.69) is 24.3 Å². The van der Waals surface area contributed by atoms with E-state index in [4.69, 9.17) is 9.47 Å². The number of hydrogen-bond acceptors (Lipinski definition) is 4. The van der Waals surface area contributed by atoms with Gasteiger partial charge in [-0.1, -0.05) is 30.3 Å². The fourth-order valence-electron chi connectivity index (χ4n) is 3.40. The smallest absolute Gasteiger partial charge is 0.243 e. The monoisotopic (exact) mass is 389 g/mol. The van der Waals surface area contributed by atoms with Crippen molar-refractivity contribution in [3.8, 4) is 5.75 Å². The Bertz CT molecular complexity index is 798. The molecule has 1 fully saturated rings. The zero-order valence-corrected chi connectivity index (χ0v) is 16.5. The molecule has 0 bridgehead atoms. The minimum Gasteiger partial charge on any atom is -0.491 e. The van der Waals surface area contributed by atoms with Gasteiger partial charge in [0.1, 0.15) is 12.4 Å². The highest BCUT2D eigenvalue weighted by molar-refractivity contribution is 7.89. The summed E-state index contributed by atoms with van der Waals surface area (Å²) in [6.07, 6.45) is 2.81. The van der Waals surface area contributed by atoms with E-state index < -0.39 is 10.0 Å². The van der Waals surface area contributed by atoms with E-state index in [1.54, 1.807) is 35.7 Å². The molecule has 0 radical (unpaired) electrons. The zero-order chi connectivity index (χ0) is 19.1. The fraction of sp³-hybridized carbons (Fsp3) is 0.429. The first-order chi connectivity index (χ1) is 13.1. The van der Waals surface area contributed by atoms with E-state index in [0.29, 0.717) is 42.9 Å². The van der Waals surface area contributed by atoms with Crippen molar-refractivity contribution in [1.29, 1.82) is 0 Å². The van der Waals surface area contributed by atoms with Crippen molar-refractivity contribution in [3.05, 3.63) is 60.2 Å². The summed E-state index contributed by atoms with van der Waals surface area (Å²) < 4.78 is 37.8. The fourth-order valence-corrected chi connectivity index (χ4v) is 4.87. The van der Waals surface area contributed by atoms with Crippen LogP contribution in [-0.2, 0) is 21.2 Å². The molecule has 0 amide bonds. The number of piperidine rings is 1. The van der Waals surface area contributed by atoms with Crippen LogP contribution in [0.3, 0.4) is 0 Å². The predicted octanol–water partition coefficient (Wildman–Crippen LogP) is 3.36. The quantitative estimate of drug-likeness (QED) is 0.650. The molecule has 1 saturated heterocycles. The van der Waals surface area contributed by atoms with Crippen LogP contribution in [0.25, 0.3) is 0 Å². The predicted molar refractivity (Wildman–Crippen MR) is 105 cm³/mol. The van der Waals surface area contributed by atoms with Gasteiger partial charge in [0.05, 0.1) is 11.5 Å². The van der Waals surface area contributed by atoms with Gasteiger partial charge in [-0.15, -0.1) is 0 Å². The average Bonchev–Trinajstić information content (AvgIpc) is 2.70. The molecule has 1 aliphatic heterocycles. The summed E-state index contributed by atoms with van der Waals surface area (Å²) in [5.41, 5.74) is 1.32. The molecule has 27 heavy (non-hydrogen) atoms. The molecule has 1 heterocycles. The first-order valence-corrected chi connectivity index (χ1v) is 10.8. The molecule has 2 aromatic carbocycles. The molecule has 0 N–H and O–H groups in total. The van der Waals surface area contributed by atoms with Crippen molar-refractivity contribution >= 4 is 10.0 Å². The summed E-state index contributed by atoms with van der Waals surface area (Å²) in [5.74, 6) is 1.18. The van der Waals surface area contributed by atoms with Gasteiger partial charge < -0.3 is 9.47 Å². The Morgan fingerprint density at radius 1 is 0.963 bits per heavy atom. The highest BCUT2D eigenvalue weighted by Gasteiger charge is 2.29. The molecule has 0 aromatic heterocycles. The Kier molecular flexibility index (Phi) is 6.88. The van der Waals surface area contributed by atoms with E-state index in [1.165, 1.54) is 5.56 Å². The van der Waals surface area contributed by atoms with Crippen LogP contribution in [0.5, 0.6) is 5.75 Å². The second-order valence-electron chi connectivity index (χ2n) is 6.85. The number of sulfonamides is 1. The number of benzene rings is 2. The van der Waals surface area contributed by atoms with Crippen LogP contribution >= 0.6 is 0 Å². The lowest BCUT2D eigenvalue weighted by molar-refractivity contribution is 0.146. The van der Waals surface area contributed by atoms with E-state index in [0.717, 1.165) is 19.3 Å². The van der Waals surface area contributed by atoms with Crippen molar-refractivity contribution in [3.63, 3.8) is 0 Å². The van der Waals surface area contributed by atoms with Crippen LogP contribution in [0.2, 0.25) is 0 Å². The van der Waals surface area contributed by atoms with E-state index >= 15 is 0 Å². The van der Waals surface area contributed by atoms with Crippen molar-refractivity contribution < 1.29 is 17.9 Å². The second-order valence-corrected chi connectivity index (χ2v) is 8.79. The number of hydrogen-bond donors (Lipinski definition) is 0. The molecule has 0 spiro atoms. The van der Waals surface area contributed by atoms with Gasteiger partial charge in [-0.05, 0) is 55.0 Å². The first-order valence-electron chi connectivity index (χ1n) is 9.35. The van der Waals surface area contributed by atoms with E-state index in [-0.39, 0.29) is 0 Å². The lowest BCUT2D eigenvalue weighted by atomic mass is 9.91. The lowest BCUT2D eigenvalue weighted by Crippen LogP contribution is -2.38. The number of rotatable bonds is 8. The molecule has 6 heteroatoms. The molecule has 0 unspecified atom stereocenters. The normalized spacial score (nSPS) is 16.3. The molecule has 0 saturated carbocycles. The van der Waals surface area contributed by atoms with Crippen molar-refractivity contribution in [2.75, 3.05) is 33.4 Å². The van der Waals surface area contributed by atoms with Crippen LogP contribution in [0.15, 0.2) is 59.5 Å². The third-order valence-corrected chi connectivity index (χ3v) is 6.87. The Labute approximate surface area is 162 Å². The van der Waals surface area contributed by atoms with Gasteiger partial charge in [0.25, 0.3) is 0 Å². The summed E-state index contributed by atoms with van der Waals surface area (Å²) in [6, 6.07) is 17.0. The largest absolute Gasteiger partial charge is 0.491 e. The maximum absolute atomic E-state index is 12.9. The van der Waals surface area contributed by atoms with Crippen LogP contribution < -0.4 is 4.74 Å². The van der Waals surface area contributed by atoms with Gasteiger partial charge >= 0.3 is 0 Å². The molecule has 146 valence electrons. The van der Waals surface area contributed by atoms with Gasteiger partial charge in [0.2, 0.25) is 10.0 Å². The lowest BCUT2D eigenvalue weighted by Gasteiger charge is -2.31. The maximum atomic E-state index is 12.9. The van der Waals surface area contributed by atoms with Gasteiger partial charge in [0, 0.05) is 20.2 Å². The van der Waals surface area contributed by atoms with Gasteiger partial charge in [0.15, 0.2) is 0 Å². The standard InChI is InChI=1S/C21H27NO4S/c1-25-15-16-26-20-7-9-21(10-8-20)27(23,24)22-13-11-19(12-14-22)17-18-5-3-2-4-6-18/h2-10,19H,11-17H2,1H3. The molecule has 1 aliphatic rings. The average molecular weight is 390 g/mol. The molecular weight excluding hydrogens is 362 g/mol. The van der Waals surface area contributed by atoms with Crippen molar-refractivity contribution in [2.45, 2.75) is 24.2 Å². The minimum atomic E-state index is -3.45. The maximum Gasteiger partial charge on any atom is 0.243 e. The van der Waals surface area contributed by atoms with Gasteiger partial charge in [-0.2, -0.15) is 4.31 Å². The first kappa shape index (κ1) is 19.9. The summed E-state index contributed by atoms with van der Waals surface area (Å²) >= 11 is 0. The highest BCUT2D eigenvalue weighted by Crippen LogP contribution is 2.27. The van der Waals surface area contributed by atoms with Crippen LogP contribution in [0.4, 0.5) is 0 Å². The SMILES string of the molecule is COCCOc1ccc(S(=O)(=O)N2CCC(Cc3ccccc3)CC2)cc1. The second kappa shape index (κ2) is 9.35. The summed E-state index contributed by atoms with van der Waals surface area (Å²) in [7, 11) is -1.83. The van der Waals surface area contributed by atoms with Gasteiger partial charge in [-0.3, -0.25) is 0 Å². The summed E-state index contributed by atoms with van der Waals surface area (Å²) in [5, 5.41) is 0. The molecule has 5 nitrogen and oxygen atoms in total. The third-order valence-electron chi connectivity index (χ3n) is 4.96. The van der Waals surface area contributed by atoms with Gasteiger partial charge in [-0.25, -0.2) is 8.42 Å². The molecule has 3 rings (SSSR count). The van der Waals surface area contributed by atoms with Crippen LogP contribution in [-0.4, -0.2) is 46.1 Å². The minimum absolute atomic E-state index is 0.322. The van der Waals surface area contributed by atoms with Crippen molar-refractivity contribution in [1.82, 2.24) is 4.31 Å². The Morgan fingerprint density at radius 2 is 1.63 bits per heavy atom. The van der Waals surface area contributed by atoms with E-state index in [1.807, 2.05) is 6.07 Å². The molecule has 0 atom stereocenters. The van der Waals surface area contributed by atoms with E-state index in [9.17, 15) is 8.42 Å². The van der Waals surface area contributed by atoms with Crippen LogP contribution in [0.1, 0.15) is 18.4 Å². The summed E-state index contributed by atoms with van der Waals surface area (Å²) in [4.78, 5) is 0.322. The summed E-state index contributed by atoms with van der Waals surface area (Å²) in [6.45, 7) is 2.09. The number of ether oxygens (including phenoxy) is 2. The Morgan fingerprint density at radius 3 is 2.26 bits per heavy atom. The number of nitrogens with zero attached hydrogens (tertiary/aromatic N) is 1. The highest BCUT2D eigenvalue weighted by atomic mass is 32.2. The Hall–Kier alpha value is -1.89. The van der Waals surface area contributed by atoms with Crippen molar-refractivity contribution in [2.24, 2.45) is 5.92 Å². The third kappa shape index (κ3) is 5.31. The topological polar surface area (TPSA) is 55.8 Å².